The molecule has 3 amide bonds. The Labute approximate surface area is 186 Å². The first-order chi connectivity index (χ1) is 15.5. The summed E-state index contributed by atoms with van der Waals surface area (Å²) in [6.07, 6.45) is 0.884. The van der Waals surface area contributed by atoms with Crippen LogP contribution in [0.5, 0.6) is 5.75 Å². The largest absolute Gasteiger partial charge is 0.491 e. The van der Waals surface area contributed by atoms with Gasteiger partial charge in [0.15, 0.2) is 0 Å². The van der Waals surface area contributed by atoms with E-state index in [0.717, 1.165) is 6.42 Å². The van der Waals surface area contributed by atoms with Crippen molar-refractivity contribution in [1.82, 2.24) is 10.9 Å². The Hall–Kier alpha value is -4.13. The minimum absolute atomic E-state index is 0.0356. The van der Waals surface area contributed by atoms with E-state index < -0.39 is 11.8 Å². The molecule has 3 aromatic carbocycles. The number of hydrazine groups is 1. The third-order valence-electron chi connectivity index (χ3n) is 4.74. The summed E-state index contributed by atoms with van der Waals surface area (Å²) in [6.45, 7) is 3.96. The average Bonchev–Trinajstić information content (AvgIpc) is 2.83. The summed E-state index contributed by atoms with van der Waals surface area (Å²) in [5.74, 6) is -0.591. The lowest BCUT2D eigenvalue weighted by Gasteiger charge is -2.13. The summed E-state index contributed by atoms with van der Waals surface area (Å²) in [7, 11) is 0. The van der Waals surface area contributed by atoms with E-state index in [1.807, 2.05) is 19.9 Å². The summed E-state index contributed by atoms with van der Waals surface area (Å²) in [5.41, 5.74) is 6.57. The van der Waals surface area contributed by atoms with Crippen LogP contribution >= 0.6 is 0 Å². The van der Waals surface area contributed by atoms with E-state index >= 15 is 0 Å². The van der Waals surface area contributed by atoms with Gasteiger partial charge in [0, 0.05) is 22.4 Å². The molecule has 0 heterocycles. The number of rotatable bonds is 7. The maximum Gasteiger partial charge on any atom is 0.269 e. The number of carbonyl (C=O) groups is 3. The molecular formula is C25H25N3O4. The third-order valence-corrected chi connectivity index (χ3v) is 4.74. The molecule has 1 atom stereocenters. The van der Waals surface area contributed by atoms with Gasteiger partial charge in [-0.1, -0.05) is 31.2 Å². The maximum absolute atomic E-state index is 12.4. The quantitative estimate of drug-likeness (QED) is 0.489. The van der Waals surface area contributed by atoms with Crippen LogP contribution in [0.1, 0.15) is 51.3 Å². The fourth-order valence-corrected chi connectivity index (χ4v) is 2.78. The SMILES string of the molecule is CCC(C)Oc1cccc(C(=O)NNC(=O)c2ccc(NC(=O)c3ccccc3)cc2)c1. The number of ether oxygens (including phenoxy) is 1. The van der Waals surface area contributed by atoms with Gasteiger partial charge in [-0.15, -0.1) is 0 Å². The number of carbonyl (C=O) groups excluding carboxylic acids is 3. The smallest absolute Gasteiger partial charge is 0.269 e. The number of hydrogen-bond acceptors (Lipinski definition) is 4. The van der Waals surface area contributed by atoms with Gasteiger partial charge >= 0.3 is 0 Å². The highest BCUT2D eigenvalue weighted by atomic mass is 16.5. The van der Waals surface area contributed by atoms with Gasteiger partial charge in [0.25, 0.3) is 17.7 Å². The van der Waals surface area contributed by atoms with E-state index in [-0.39, 0.29) is 12.0 Å². The molecule has 7 heteroatoms. The molecule has 0 aromatic heterocycles. The summed E-state index contributed by atoms with van der Waals surface area (Å²) in [5, 5.41) is 2.77. The highest BCUT2D eigenvalue weighted by Crippen LogP contribution is 2.16. The maximum atomic E-state index is 12.4. The number of hydrogen-bond donors (Lipinski definition) is 3. The van der Waals surface area contributed by atoms with Gasteiger partial charge in [-0.3, -0.25) is 25.2 Å². The van der Waals surface area contributed by atoms with Crippen molar-refractivity contribution in [3.63, 3.8) is 0 Å². The Morgan fingerprint density at radius 2 is 1.34 bits per heavy atom. The average molecular weight is 431 g/mol. The van der Waals surface area contributed by atoms with Crippen LogP contribution in [0.25, 0.3) is 0 Å². The van der Waals surface area contributed by atoms with Crippen molar-refractivity contribution in [2.45, 2.75) is 26.4 Å². The minimum Gasteiger partial charge on any atom is -0.491 e. The first-order valence-electron chi connectivity index (χ1n) is 10.3. The normalized spacial score (nSPS) is 11.2. The van der Waals surface area contributed by atoms with Gasteiger partial charge in [0.05, 0.1) is 6.10 Å². The molecule has 164 valence electrons. The fourth-order valence-electron chi connectivity index (χ4n) is 2.78. The second-order valence-electron chi connectivity index (χ2n) is 7.17. The molecule has 3 aromatic rings. The zero-order valence-corrected chi connectivity index (χ0v) is 17.9. The molecule has 0 saturated heterocycles. The number of nitrogens with one attached hydrogen (secondary N) is 3. The fraction of sp³-hybridized carbons (Fsp3) is 0.160. The molecule has 0 radical (unpaired) electrons. The molecule has 3 rings (SSSR count). The molecule has 0 fully saturated rings. The van der Waals surface area contributed by atoms with Crippen LogP contribution in [0.3, 0.4) is 0 Å². The molecule has 0 bridgehead atoms. The Morgan fingerprint density at radius 1 is 0.750 bits per heavy atom. The number of anilines is 1. The lowest BCUT2D eigenvalue weighted by atomic mass is 10.1. The summed E-state index contributed by atoms with van der Waals surface area (Å²) < 4.78 is 5.72. The second-order valence-corrected chi connectivity index (χ2v) is 7.17. The van der Waals surface area contributed by atoms with Crippen molar-refractivity contribution >= 4 is 23.4 Å². The second kappa shape index (κ2) is 10.8. The molecule has 3 N–H and O–H groups in total. The van der Waals surface area contributed by atoms with E-state index in [9.17, 15) is 14.4 Å². The zero-order valence-electron chi connectivity index (χ0n) is 17.9. The van der Waals surface area contributed by atoms with Crippen LogP contribution in [-0.2, 0) is 0 Å². The van der Waals surface area contributed by atoms with Gasteiger partial charge in [0.2, 0.25) is 0 Å². The molecule has 32 heavy (non-hydrogen) atoms. The van der Waals surface area contributed by atoms with Gasteiger partial charge in [-0.25, -0.2) is 0 Å². The molecular weight excluding hydrogens is 406 g/mol. The molecule has 0 saturated carbocycles. The monoisotopic (exact) mass is 431 g/mol. The van der Waals surface area contributed by atoms with Crippen LogP contribution in [0.2, 0.25) is 0 Å². The van der Waals surface area contributed by atoms with Crippen LogP contribution in [0.4, 0.5) is 5.69 Å². The number of amides is 3. The highest BCUT2D eigenvalue weighted by molar-refractivity contribution is 6.04. The predicted molar refractivity (Wildman–Crippen MR) is 123 cm³/mol. The molecule has 0 spiro atoms. The Bertz CT molecular complexity index is 1080. The third kappa shape index (κ3) is 6.18. The predicted octanol–water partition coefficient (Wildman–Crippen LogP) is 4.19. The molecule has 0 aliphatic heterocycles. The Balaban J connectivity index is 1.54. The first kappa shape index (κ1) is 22.6. The van der Waals surface area contributed by atoms with Gasteiger partial charge in [-0.2, -0.15) is 0 Å². The van der Waals surface area contributed by atoms with E-state index in [1.54, 1.807) is 72.8 Å². The van der Waals surface area contributed by atoms with E-state index in [4.69, 9.17) is 4.74 Å². The van der Waals surface area contributed by atoms with Crippen LogP contribution in [-0.4, -0.2) is 23.8 Å². The summed E-state index contributed by atoms with van der Waals surface area (Å²) in [6, 6.07) is 21.9. The first-order valence-corrected chi connectivity index (χ1v) is 10.3. The van der Waals surface area contributed by atoms with E-state index in [2.05, 4.69) is 16.2 Å². The van der Waals surface area contributed by atoms with Gasteiger partial charge in [0.1, 0.15) is 5.75 Å². The molecule has 1 unspecified atom stereocenters. The highest BCUT2D eigenvalue weighted by Gasteiger charge is 2.11. The zero-order chi connectivity index (χ0) is 22.9. The Kier molecular flexibility index (Phi) is 7.59. The topological polar surface area (TPSA) is 96.5 Å². The number of benzene rings is 3. The molecule has 0 aliphatic carbocycles. The van der Waals surface area contributed by atoms with Crippen molar-refractivity contribution in [2.75, 3.05) is 5.32 Å². The molecule has 7 nitrogen and oxygen atoms in total. The standard InChI is InChI=1S/C25H25N3O4/c1-3-17(2)32-22-11-7-10-20(16-22)25(31)28-27-24(30)19-12-14-21(15-13-19)26-23(29)18-8-5-4-6-9-18/h4-17H,3H2,1-2H3,(H,26,29)(H,27,30)(H,28,31). The van der Waals surface area contributed by atoms with Crippen molar-refractivity contribution in [1.29, 1.82) is 0 Å². The van der Waals surface area contributed by atoms with E-state index in [0.29, 0.717) is 28.1 Å². The van der Waals surface area contributed by atoms with Crippen molar-refractivity contribution in [2.24, 2.45) is 0 Å². The lowest BCUT2D eigenvalue weighted by Crippen LogP contribution is -2.41. The van der Waals surface area contributed by atoms with Gasteiger partial charge < -0.3 is 10.1 Å². The molecule has 0 aliphatic rings. The Morgan fingerprint density at radius 3 is 2.00 bits per heavy atom. The summed E-state index contributed by atoms with van der Waals surface area (Å²) in [4.78, 5) is 36.9. The van der Waals surface area contributed by atoms with Crippen molar-refractivity contribution < 1.29 is 19.1 Å². The van der Waals surface area contributed by atoms with E-state index in [1.165, 1.54) is 0 Å². The minimum atomic E-state index is -0.480. The van der Waals surface area contributed by atoms with Gasteiger partial charge in [-0.05, 0) is 67.9 Å². The lowest BCUT2D eigenvalue weighted by molar-refractivity contribution is 0.0846. The van der Waals surface area contributed by atoms with Crippen molar-refractivity contribution in [3.05, 3.63) is 95.6 Å². The van der Waals surface area contributed by atoms with Crippen LogP contribution in [0.15, 0.2) is 78.9 Å². The summed E-state index contributed by atoms with van der Waals surface area (Å²) >= 11 is 0. The van der Waals surface area contributed by atoms with Crippen LogP contribution in [0, 0.1) is 0 Å². The van der Waals surface area contributed by atoms with Crippen LogP contribution < -0.4 is 20.9 Å². The van der Waals surface area contributed by atoms with Crippen molar-refractivity contribution in [3.8, 4) is 5.75 Å².